The van der Waals surface area contributed by atoms with E-state index in [-0.39, 0.29) is 0 Å². The van der Waals surface area contributed by atoms with Crippen molar-refractivity contribution < 1.29 is 14.2 Å². The van der Waals surface area contributed by atoms with Crippen LogP contribution in [0.15, 0.2) is 18.2 Å². The number of methoxy groups -OCH3 is 2. The van der Waals surface area contributed by atoms with Crippen molar-refractivity contribution in [2.45, 2.75) is 20.4 Å². The molecule has 0 amide bonds. The molecule has 2 aromatic rings. The van der Waals surface area contributed by atoms with Crippen LogP contribution in [0, 0.1) is 6.92 Å². The van der Waals surface area contributed by atoms with Gasteiger partial charge in [-0.3, -0.25) is 0 Å². The van der Waals surface area contributed by atoms with Gasteiger partial charge in [-0.25, -0.2) is 0 Å². The minimum Gasteiger partial charge on any atom is -0.496 e. The average Bonchev–Trinajstić information content (AvgIpc) is 2.84. The molecule has 0 saturated heterocycles. The smallest absolute Gasteiger partial charge is 0.289 e. The summed E-state index contributed by atoms with van der Waals surface area (Å²) in [5, 5.41) is 6.61. The monoisotopic (exact) mass is 291 g/mol. The Balaban J connectivity index is 2.40. The Bertz CT molecular complexity index is 598. The van der Waals surface area contributed by atoms with E-state index >= 15 is 0 Å². The summed E-state index contributed by atoms with van der Waals surface area (Å²) < 4.78 is 12.8. The van der Waals surface area contributed by atoms with Crippen molar-refractivity contribution in [2.24, 2.45) is 0 Å². The predicted molar refractivity (Wildman–Crippen MR) is 81.2 cm³/mol. The van der Waals surface area contributed by atoms with E-state index in [2.05, 4.69) is 18.1 Å². The van der Waals surface area contributed by atoms with Crippen LogP contribution < -0.4 is 14.2 Å². The van der Waals surface area contributed by atoms with Gasteiger partial charge in [-0.2, -0.15) is 0 Å². The molecule has 0 unspecified atom stereocenters. The maximum atomic E-state index is 5.39. The van der Waals surface area contributed by atoms with Crippen LogP contribution in [-0.4, -0.2) is 19.3 Å². The molecule has 1 aromatic carbocycles. The molecule has 2 rings (SSSR count). The van der Waals surface area contributed by atoms with Crippen LogP contribution in [0.1, 0.15) is 22.5 Å². The van der Waals surface area contributed by atoms with Crippen molar-refractivity contribution in [1.29, 1.82) is 0 Å². The van der Waals surface area contributed by atoms with E-state index in [0.717, 1.165) is 33.6 Å². The zero-order valence-corrected chi connectivity index (χ0v) is 13.0. The largest absolute Gasteiger partial charge is 0.496 e. The standard InChI is InChI=1S/C15H19N2O2S/c1-5-17-15(20-11(2)16-17)10-9-12-13(18-3)7-6-8-14(12)19-4/h6-10H,5H2,1-4H3/q+1. The van der Waals surface area contributed by atoms with Crippen molar-refractivity contribution in [3.63, 3.8) is 0 Å². The van der Waals surface area contributed by atoms with Gasteiger partial charge in [0.25, 0.3) is 5.01 Å². The lowest BCUT2D eigenvalue weighted by atomic mass is 10.1. The topological polar surface area (TPSA) is 35.2 Å². The zero-order chi connectivity index (χ0) is 14.5. The molecule has 0 aliphatic heterocycles. The van der Waals surface area contributed by atoms with Crippen molar-refractivity contribution in [3.05, 3.63) is 33.8 Å². The lowest BCUT2D eigenvalue weighted by molar-refractivity contribution is -0.747. The van der Waals surface area contributed by atoms with Gasteiger partial charge in [-0.05, 0) is 43.4 Å². The molecule has 0 bridgehead atoms. The fraction of sp³-hybridized carbons (Fsp3) is 0.333. The predicted octanol–water partition coefficient (Wildman–Crippen LogP) is 2.95. The quantitative estimate of drug-likeness (QED) is 0.795. The van der Waals surface area contributed by atoms with Crippen LogP contribution in [0.25, 0.3) is 12.2 Å². The third-order valence-electron chi connectivity index (χ3n) is 2.93. The third kappa shape index (κ3) is 2.99. The van der Waals surface area contributed by atoms with Crippen molar-refractivity contribution >= 4 is 23.5 Å². The average molecular weight is 291 g/mol. The Morgan fingerprint density at radius 3 is 2.40 bits per heavy atom. The van der Waals surface area contributed by atoms with Gasteiger partial charge in [-0.15, -0.1) is 0 Å². The van der Waals surface area contributed by atoms with Gasteiger partial charge in [-0.1, -0.05) is 10.7 Å². The highest BCUT2D eigenvalue weighted by atomic mass is 32.1. The van der Waals surface area contributed by atoms with Gasteiger partial charge in [0.05, 0.1) is 19.8 Å². The first kappa shape index (κ1) is 14.5. The molecule has 0 radical (unpaired) electrons. The third-order valence-corrected chi connectivity index (χ3v) is 3.86. The molecule has 0 aliphatic carbocycles. The molecule has 5 heteroatoms. The molecule has 1 aromatic heterocycles. The molecule has 1 heterocycles. The van der Waals surface area contributed by atoms with E-state index < -0.39 is 0 Å². The maximum absolute atomic E-state index is 5.39. The summed E-state index contributed by atoms with van der Waals surface area (Å²) in [6.45, 7) is 4.95. The van der Waals surface area contributed by atoms with Gasteiger partial charge in [0.2, 0.25) is 0 Å². The maximum Gasteiger partial charge on any atom is 0.289 e. The molecular weight excluding hydrogens is 272 g/mol. The molecule has 0 spiro atoms. The van der Waals surface area contributed by atoms with E-state index in [0.29, 0.717) is 0 Å². The second kappa shape index (κ2) is 6.52. The Hall–Kier alpha value is -1.88. The number of aryl methyl sites for hydroxylation is 2. The normalized spacial score (nSPS) is 11.0. The Morgan fingerprint density at radius 2 is 1.85 bits per heavy atom. The summed E-state index contributed by atoms with van der Waals surface area (Å²) in [5.41, 5.74) is 0.936. The highest BCUT2D eigenvalue weighted by molar-refractivity contribution is 7.11. The molecule has 20 heavy (non-hydrogen) atoms. The molecule has 0 fully saturated rings. The molecule has 0 atom stereocenters. The first-order chi connectivity index (χ1) is 9.69. The number of ether oxygens (including phenoxy) is 2. The minimum atomic E-state index is 0.796. The minimum absolute atomic E-state index is 0.796. The molecule has 0 aliphatic rings. The number of hydrogen-bond donors (Lipinski definition) is 0. The first-order valence-electron chi connectivity index (χ1n) is 6.46. The first-order valence-corrected chi connectivity index (χ1v) is 7.27. The molecule has 0 N–H and O–H groups in total. The zero-order valence-electron chi connectivity index (χ0n) is 12.2. The van der Waals surface area contributed by atoms with Crippen LogP contribution in [0.3, 0.4) is 0 Å². The number of aromatic nitrogens is 2. The van der Waals surface area contributed by atoms with Gasteiger partial charge < -0.3 is 9.47 Å². The van der Waals surface area contributed by atoms with E-state index in [9.17, 15) is 0 Å². The lowest BCUT2D eigenvalue weighted by Crippen LogP contribution is -2.36. The second-order valence-electron chi connectivity index (χ2n) is 4.18. The number of hydrogen-bond acceptors (Lipinski definition) is 4. The van der Waals surface area contributed by atoms with E-state index in [1.165, 1.54) is 0 Å². The Morgan fingerprint density at radius 1 is 1.20 bits per heavy atom. The summed E-state index contributed by atoms with van der Waals surface area (Å²) in [6, 6.07) is 5.76. The van der Waals surface area contributed by atoms with Crippen LogP contribution >= 0.6 is 11.3 Å². The summed E-state index contributed by atoms with van der Waals surface area (Å²) in [5.74, 6) is 1.59. The second-order valence-corrected chi connectivity index (χ2v) is 5.40. The van der Waals surface area contributed by atoms with Crippen LogP contribution in [0.5, 0.6) is 11.5 Å². The Kier molecular flexibility index (Phi) is 4.74. The molecule has 4 nitrogen and oxygen atoms in total. The fourth-order valence-corrected chi connectivity index (χ4v) is 2.84. The van der Waals surface area contributed by atoms with E-state index in [4.69, 9.17) is 9.47 Å². The van der Waals surface area contributed by atoms with Gasteiger partial charge >= 0.3 is 0 Å². The SMILES string of the molecule is CC[n+]1nc(C)sc1C=Cc1c(OC)cccc1OC. The van der Waals surface area contributed by atoms with Gasteiger partial charge in [0.1, 0.15) is 11.5 Å². The van der Waals surface area contributed by atoms with E-state index in [1.54, 1.807) is 25.6 Å². The van der Waals surface area contributed by atoms with Crippen LogP contribution in [-0.2, 0) is 6.54 Å². The Labute approximate surface area is 123 Å². The van der Waals surface area contributed by atoms with Crippen molar-refractivity contribution in [2.75, 3.05) is 14.2 Å². The number of benzene rings is 1. The van der Waals surface area contributed by atoms with Crippen molar-refractivity contribution in [3.8, 4) is 11.5 Å². The summed E-state index contributed by atoms with van der Waals surface area (Å²) >= 11 is 1.67. The molecular formula is C15H19N2O2S+. The van der Waals surface area contributed by atoms with Gasteiger partial charge in [0.15, 0.2) is 11.6 Å². The van der Waals surface area contributed by atoms with Crippen LogP contribution in [0.4, 0.5) is 0 Å². The van der Waals surface area contributed by atoms with Crippen LogP contribution in [0.2, 0.25) is 0 Å². The summed E-state index contributed by atoms with van der Waals surface area (Å²) in [6.07, 6.45) is 4.06. The van der Waals surface area contributed by atoms with E-state index in [1.807, 2.05) is 35.9 Å². The summed E-state index contributed by atoms with van der Waals surface area (Å²) in [4.78, 5) is 0. The highest BCUT2D eigenvalue weighted by Gasteiger charge is 2.14. The van der Waals surface area contributed by atoms with Crippen molar-refractivity contribution in [1.82, 2.24) is 5.10 Å². The number of rotatable bonds is 5. The highest BCUT2D eigenvalue weighted by Crippen LogP contribution is 2.30. The molecule has 0 saturated carbocycles. The molecule has 106 valence electrons. The number of nitrogens with zero attached hydrogens (tertiary/aromatic N) is 2. The lowest BCUT2D eigenvalue weighted by Gasteiger charge is -2.09. The van der Waals surface area contributed by atoms with Gasteiger partial charge in [0, 0.05) is 11.2 Å². The summed E-state index contributed by atoms with van der Waals surface area (Å²) in [7, 11) is 3.32. The fourth-order valence-electron chi connectivity index (χ4n) is 1.99.